The molecule has 2 aromatic rings. The molecular formula is C18H18Cl2N2O5S. The van der Waals surface area contributed by atoms with Gasteiger partial charge >= 0.3 is 0 Å². The summed E-state index contributed by atoms with van der Waals surface area (Å²) in [5.74, 6) is 0.249. The number of amides is 1. The Morgan fingerprint density at radius 1 is 1.21 bits per heavy atom. The second kappa shape index (κ2) is 8.06. The zero-order valence-electron chi connectivity index (χ0n) is 15.1. The van der Waals surface area contributed by atoms with Gasteiger partial charge in [-0.1, -0.05) is 23.2 Å². The van der Waals surface area contributed by atoms with Crippen molar-refractivity contribution in [3.8, 4) is 11.5 Å². The van der Waals surface area contributed by atoms with Crippen LogP contribution in [-0.2, 0) is 14.8 Å². The predicted octanol–water partition coefficient (Wildman–Crippen LogP) is 3.56. The van der Waals surface area contributed by atoms with Gasteiger partial charge in [-0.3, -0.25) is 9.10 Å². The molecule has 0 aromatic heterocycles. The van der Waals surface area contributed by atoms with Crippen LogP contribution in [0.1, 0.15) is 6.42 Å². The van der Waals surface area contributed by atoms with E-state index in [0.29, 0.717) is 27.2 Å². The average molecular weight is 445 g/mol. The van der Waals surface area contributed by atoms with Crippen molar-refractivity contribution in [3.63, 3.8) is 0 Å². The number of sulfonamides is 1. The first kappa shape index (κ1) is 20.6. The Labute approximate surface area is 173 Å². The van der Waals surface area contributed by atoms with Crippen LogP contribution in [0.3, 0.4) is 0 Å². The quantitative estimate of drug-likeness (QED) is 0.778. The molecule has 150 valence electrons. The van der Waals surface area contributed by atoms with Gasteiger partial charge in [0, 0.05) is 23.0 Å². The third-order valence-corrected chi connectivity index (χ3v) is 5.82. The lowest BCUT2D eigenvalue weighted by Gasteiger charge is -2.21. The molecule has 1 atom stereocenters. The number of hydrogen-bond acceptors (Lipinski definition) is 5. The minimum atomic E-state index is -3.58. The Kier molecular flexibility index (Phi) is 5.92. The van der Waals surface area contributed by atoms with Crippen molar-refractivity contribution >= 4 is 50.5 Å². The SMILES string of the molecule is COc1ccc(Cl)cc1NC(=O)[C@H]1CCN(S(C)(=O)=O)c2cc(Cl)ccc2O1. The molecule has 3 rings (SSSR count). The predicted molar refractivity (Wildman–Crippen MR) is 109 cm³/mol. The number of halogens is 2. The number of carbonyl (C=O) groups excluding carboxylic acids is 1. The zero-order chi connectivity index (χ0) is 20.5. The van der Waals surface area contributed by atoms with E-state index in [9.17, 15) is 13.2 Å². The van der Waals surface area contributed by atoms with Crippen molar-refractivity contribution in [3.05, 3.63) is 46.4 Å². The normalized spacial score (nSPS) is 16.6. The first-order chi connectivity index (χ1) is 13.2. The highest BCUT2D eigenvalue weighted by Gasteiger charge is 2.31. The van der Waals surface area contributed by atoms with Gasteiger partial charge in [-0.25, -0.2) is 8.42 Å². The largest absolute Gasteiger partial charge is 0.495 e. The van der Waals surface area contributed by atoms with Crippen LogP contribution in [0.15, 0.2) is 36.4 Å². The number of methoxy groups -OCH3 is 1. The maximum atomic E-state index is 12.8. The number of ether oxygens (including phenoxy) is 2. The zero-order valence-corrected chi connectivity index (χ0v) is 17.4. The Hall–Kier alpha value is -2.16. The number of benzene rings is 2. The number of fused-ring (bicyclic) bond motifs is 1. The Bertz CT molecular complexity index is 1010. The van der Waals surface area contributed by atoms with E-state index in [1.807, 2.05) is 0 Å². The highest BCUT2D eigenvalue weighted by Crippen LogP contribution is 2.37. The summed E-state index contributed by atoms with van der Waals surface area (Å²) in [5.41, 5.74) is 0.690. The first-order valence-electron chi connectivity index (χ1n) is 8.27. The molecule has 10 heteroatoms. The van der Waals surface area contributed by atoms with E-state index in [1.165, 1.54) is 17.5 Å². The van der Waals surface area contributed by atoms with E-state index in [0.717, 1.165) is 6.26 Å². The molecular weight excluding hydrogens is 427 g/mol. The number of carbonyl (C=O) groups is 1. The molecule has 1 heterocycles. The Morgan fingerprint density at radius 3 is 2.57 bits per heavy atom. The molecule has 0 unspecified atom stereocenters. The van der Waals surface area contributed by atoms with Gasteiger partial charge in [0.15, 0.2) is 6.10 Å². The molecule has 1 aliphatic heterocycles. The van der Waals surface area contributed by atoms with Gasteiger partial charge in [0.1, 0.15) is 11.5 Å². The third-order valence-electron chi connectivity index (χ3n) is 4.17. The second-order valence-corrected chi connectivity index (χ2v) is 8.96. The number of anilines is 2. The molecule has 1 N–H and O–H groups in total. The van der Waals surface area contributed by atoms with E-state index in [2.05, 4.69) is 5.32 Å². The maximum Gasteiger partial charge on any atom is 0.265 e. The fourth-order valence-corrected chi connectivity index (χ4v) is 4.15. The van der Waals surface area contributed by atoms with Crippen LogP contribution >= 0.6 is 23.2 Å². The monoisotopic (exact) mass is 444 g/mol. The van der Waals surface area contributed by atoms with Crippen molar-refractivity contribution in [1.82, 2.24) is 0 Å². The van der Waals surface area contributed by atoms with E-state index >= 15 is 0 Å². The van der Waals surface area contributed by atoms with Gasteiger partial charge in [-0.15, -0.1) is 0 Å². The summed E-state index contributed by atoms with van der Waals surface area (Å²) < 4.78 is 36.6. The topological polar surface area (TPSA) is 84.9 Å². The lowest BCUT2D eigenvalue weighted by atomic mass is 10.2. The molecule has 2 aromatic carbocycles. The molecule has 0 spiro atoms. The molecule has 0 radical (unpaired) electrons. The second-order valence-electron chi connectivity index (χ2n) is 6.18. The molecule has 7 nitrogen and oxygen atoms in total. The molecule has 0 aliphatic carbocycles. The minimum Gasteiger partial charge on any atom is -0.495 e. The number of hydrogen-bond donors (Lipinski definition) is 1. The fraction of sp³-hybridized carbons (Fsp3) is 0.278. The van der Waals surface area contributed by atoms with Crippen LogP contribution in [-0.4, -0.2) is 40.3 Å². The smallest absolute Gasteiger partial charge is 0.265 e. The van der Waals surface area contributed by atoms with Gasteiger partial charge in [-0.2, -0.15) is 0 Å². The highest BCUT2D eigenvalue weighted by atomic mass is 35.5. The summed E-state index contributed by atoms with van der Waals surface area (Å²) in [5, 5.41) is 3.52. The molecule has 1 aliphatic rings. The van der Waals surface area contributed by atoms with Gasteiger partial charge in [0.05, 0.1) is 24.7 Å². The van der Waals surface area contributed by atoms with Crippen LogP contribution in [0, 0.1) is 0 Å². The van der Waals surface area contributed by atoms with E-state index in [1.54, 1.807) is 30.3 Å². The molecule has 28 heavy (non-hydrogen) atoms. The van der Waals surface area contributed by atoms with Crippen LogP contribution in [0.5, 0.6) is 11.5 Å². The number of rotatable bonds is 4. The van der Waals surface area contributed by atoms with Crippen LogP contribution in [0.4, 0.5) is 11.4 Å². The van der Waals surface area contributed by atoms with Gasteiger partial charge in [0.25, 0.3) is 5.91 Å². The summed E-state index contributed by atoms with van der Waals surface area (Å²) in [6, 6.07) is 9.45. The van der Waals surface area contributed by atoms with E-state index in [4.69, 9.17) is 32.7 Å². The number of nitrogens with zero attached hydrogens (tertiary/aromatic N) is 1. The van der Waals surface area contributed by atoms with Gasteiger partial charge < -0.3 is 14.8 Å². The molecule has 0 saturated heterocycles. The number of nitrogens with one attached hydrogen (secondary N) is 1. The summed E-state index contributed by atoms with van der Waals surface area (Å²) in [7, 11) is -2.10. The lowest BCUT2D eigenvalue weighted by molar-refractivity contribution is -0.122. The van der Waals surface area contributed by atoms with Crippen LogP contribution < -0.4 is 19.1 Å². The Balaban J connectivity index is 1.90. The van der Waals surface area contributed by atoms with Crippen LogP contribution in [0.2, 0.25) is 10.0 Å². The fourth-order valence-electron chi connectivity index (χ4n) is 2.87. The third kappa shape index (κ3) is 4.45. The van der Waals surface area contributed by atoms with Crippen molar-refractivity contribution in [2.75, 3.05) is 29.5 Å². The molecule has 0 fully saturated rings. The van der Waals surface area contributed by atoms with Crippen molar-refractivity contribution in [1.29, 1.82) is 0 Å². The Morgan fingerprint density at radius 2 is 1.89 bits per heavy atom. The molecule has 1 amide bonds. The average Bonchev–Trinajstić information content (AvgIpc) is 2.81. The van der Waals surface area contributed by atoms with E-state index in [-0.39, 0.29) is 18.7 Å². The van der Waals surface area contributed by atoms with E-state index < -0.39 is 22.0 Å². The van der Waals surface area contributed by atoms with Crippen molar-refractivity contribution in [2.45, 2.75) is 12.5 Å². The first-order valence-corrected chi connectivity index (χ1v) is 10.9. The van der Waals surface area contributed by atoms with Gasteiger partial charge in [-0.05, 0) is 36.4 Å². The molecule has 0 saturated carbocycles. The summed E-state index contributed by atoms with van der Waals surface area (Å²) in [4.78, 5) is 12.8. The van der Waals surface area contributed by atoms with Crippen molar-refractivity contribution < 1.29 is 22.7 Å². The minimum absolute atomic E-state index is 0.0664. The maximum absolute atomic E-state index is 12.8. The summed E-state index contributed by atoms with van der Waals surface area (Å²) in [6.45, 7) is 0.0664. The summed E-state index contributed by atoms with van der Waals surface area (Å²) >= 11 is 12.0. The highest BCUT2D eigenvalue weighted by molar-refractivity contribution is 7.92. The van der Waals surface area contributed by atoms with Gasteiger partial charge in [0.2, 0.25) is 10.0 Å². The standard InChI is InChI=1S/C18H18Cl2N2O5S/c1-26-15-5-3-11(19)9-13(15)21-18(23)17-7-8-22(28(2,24)25)14-10-12(20)4-6-16(14)27-17/h3-6,9-10,17H,7-8H2,1-2H3,(H,21,23)/t17-/m1/s1. The van der Waals surface area contributed by atoms with Crippen molar-refractivity contribution in [2.24, 2.45) is 0 Å². The molecule has 0 bridgehead atoms. The van der Waals surface area contributed by atoms with Crippen LogP contribution in [0.25, 0.3) is 0 Å². The lowest BCUT2D eigenvalue weighted by Crippen LogP contribution is -2.36. The summed E-state index contributed by atoms with van der Waals surface area (Å²) in [6.07, 6.45) is 0.318.